The first-order valence-corrected chi connectivity index (χ1v) is 8.17. The summed E-state index contributed by atoms with van der Waals surface area (Å²) < 4.78 is 0. The standard InChI is InChI=1S/C21H23B/c1-5-22(21-16(3)13-15(2)14-17(21)4)20-12-8-10-18-9-6-7-11-19(18)20/h6-14H,5H2,1-4H3. The summed E-state index contributed by atoms with van der Waals surface area (Å²) in [5, 5.41) is 2.72. The third kappa shape index (κ3) is 2.56. The van der Waals surface area contributed by atoms with Gasteiger partial charge in [-0.05, 0) is 31.5 Å². The Morgan fingerprint density at radius 3 is 2.14 bits per heavy atom. The van der Waals surface area contributed by atoms with Gasteiger partial charge in [-0.25, -0.2) is 0 Å². The maximum atomic E-state index is 2.32. The Labute approximate surface area is 134 Å². The van der Waals surface area contributed by atoms with Crippen LogP contribution in [0.25, 0.3) is 10.8 Å². The molecule has 0 saturated carbocycles. The van der Waals surface area contributed by atoms with Gasteiger partial charge < -0.3 is 0 Å². The first kappa shape index (κ1) is 14.9. The summed E-state index contributed by atoms with van der Waals surface area (Å²) in [6.45, 7) is 9.45. The lowest BCUT2D eigenvalue weighted by Crippen LogP contribution is -2.44. The molecule has 0 aliphatic carbocycles. The molecule has 0 radical (unpaired) electrons. The molecule has 3 aromatic carbocycles. The first-order chi connectivity index (χ1) is 10.6. The van der Waals surface area contributed by atoms with Crippen LogP contribution in [0.5, 0.6) is 0 Å². The minimum atomic E-state index is 0.465. The number of aryl methyl sites for hydroxylation is 3. The van der Waals surface area contributed by atoms with Crippen LogP contribution in [0, 0.1) is 20.8 Å². The Balaban J connectivity index is 2.23. The average Bonchev–Trinajstić information content (AvgIpc) is 2.50. The highest BCUT2D eigenvalue weighted by atomic mass is 14.1. The van der Waals surface area contributed by atoms with E-state index in [1.165, 1.54) is 38.4 Å². The van der Waals surface area contributed by atoms with Crippen LogP contribution in [0.15, 0.2) is 54.6 Å². The highest BCUT2D eigenvalue weighted by Crippen LogP contribution is 2.15. The molecule has 110 valence electrons. The Bertz CT molecular complexity index is 789. The van der Waals surface area contributed by atoms with E-state index < -0.39 is 0 Å². The van der Waals surface area contributed by atoms with Gasteiger partial charge in [0.1, 0.15) is 0 Å². The Morgan fingerprint density at radius 1 is 0.818 bits per heavy atom. The van der Waals surface area contributed by atoms with E-state index in [1.807, 2.05) is 0 Å². The second kappa shape index (κ2) is 6.00. The highest BCUT2D eigenvalue weighted by Gasteiger charge is 2.22. The number of fused-ring (bicyclic) bond motifs is 1. The van der Waals surface area contributed by atoms with Gasteiger partial charge in [0.05, 0.1) is 0 Å². The van der Waals surface area contributed by atoms with Crippen molar-refractivity contribution in [2.45, 2.75) is 34.0 Å². The molecule has 0 aliphatic heterocycles. The van der Waals surface area contributed by atoms with E-state index in [-0.39, 0.29) is 0 Å². The lowest BCUT2D eigenvalue weighted by Gasteiger charge is -2.20. The normalized spacial score (nSPS) is 10.9. The first-order valence-electron chi connectivity index (χ1n) is 8.17. The zero-order valence-electron chi connectivity index (χ0n) is 14.0. The van der Waals surface area contributed by atoms with E-state index >= 15 is 0 Å². The van der Waals surface area contributed by atoms with E-state index in [9.17, 15) is 0 Å². The molecule has 0 fully saturated rings. The van der Waals surface area contributed by atoms with Gasteiger partial charge in [0, 0.05) is 0 Å². The predicted molar refractivity (Wildman–Crippen MR) is 100 cm³/mol. The SMILES string of the molecule is CCB(c1c(C)cc(C)cc1C)c1cccc2ccccc12. The van der Waals surface area contributed by atoms with Gasteiger partial charge >= 0.3 is 0 Å². The fraction of sp³-hybridized carbons (Fsp3) is 0.238. The lowest BCUT2D eigenvalue weighted by atomic mass is 9.37. The van der Waals surface area contributed by atoms with Crippen LogP contribution >= 0.6 is 0 Å². The topological polar surface area (TPSA) is 0 Å². The van der Waals surface area contributed by atoms with Crippen molar-refractivity contribution >= 4 is 28.4 Å². The van der Waals surface area contributed by atoms with Crippen molar-refractivity contribution in [1.29, 1.82) is 0 Å². The molecule has 1 heteroatoms. The van der Waals surface area contributed by atoms with Crippen molar-refractivity contribution in [2.24, 2.45) is 0 Å². The minimum absolute atomic E-state index is 0.465. The molecular weight excluding hydrogens is 263 g/mol. The van der Waals surface area contributed by atoms with Gasteiger partial charge in [0.25, 0.3) is 0 Å². The van der Waals surface area contributed by atoms with Crippen LogP contribution < -0.4 is 10.9 Å². The molecule has 0 heterocycles. The van der Waals surface area contributed by atoms with Crippen LogP contribution in [0.2, 0.25) is 6.32 Å². The van der Waals surface area contributed by atoms with Crippen molar-refractivity contribution in [2.75, 3.05) is 0 Å². The van der Waals surface area contributed by atoms with E-state index in [4.69, 9.17) is 0 Å². The van der Waals surface area contributed by atoms with Gasteiger partial charge in [-0.3, -0.25) is 0 Å². The summed E-state index contributed by atoms with van der Waals surface area (Å²) in [5.41, 5.74) is 7.14. The van der Waals surface area contributed by atoms with E-state index in [1.54, 1.807) is 0 Å². The van der Waals surface area contributed by atoms with E-state index in [0.717, 1.165) is 6.32 Å². The van der Waals surface area contributed by atoms with Crippen LogP contribution in [-0.4, -0.2) is 6.71 Å². The molecule has 0 aromatic heterocycles. The molecule has 0 nitrogen and oxygen atoms in total. The summed E-state index contributed by atoms with van der Waals surface area (Å²) >= 11 is 0. The van der Waals surface area contributed by atoms with Crippen LogP contribution in [0.4, 0.5) is 0 Å². The van der Waals surface area contributed by atoms with Crippen molar-refractivity contribution in [3.05, 3.63) is 71.3 Å². The van der Waals surface area contributed by atoms with Crippen LogP contribution in [0.1, 0.15) is 23.6 Å². The van der Waals surface area contributed by atoms with Crippen molar-refractivity contribution in [3.63, 3.8) is 0 Å². The fourth-order valence-electron chi connectivity index (χ4n) is 3.87. The molecule has 0 spiro atoms. The molecule has 0 saturated heterocycles. The average molecular weight is 286 g/mol. The molecule has 3 aromatic rings. The Hall–Kier alpha value is -2.02. The molecule has 22 heavy (non-hydrogen) atoms. The minimum Gasteiger partial charge on any atom is -0.0712 e. The number of benzene rings is 3. The number of rotatable bonds is 3. The molecular formula is C21H23B. The van der Waals surface area contributed by atoms with E-state index in [2.05, 4.69) is 82.3 Å². The maximum absolute atomic E-state index is 2.32. The number of hydrogen-bond acceptors (Lipinski definition) is 0. The van der Waals surface area contributed by atoms with Gasteiger partial charge in [0.15, 0.2) is 0 Å². The summed E-state index contributed by atoms with van der Waals surface area (Å²) in [6.07, 6.45) is 1.12. The molecule has 0 amide bonds. The molecule has 0 unspecified atom stereocenters. The van der Waals surface area contributed by atoms with Gasteiger partial charge in [-0.15, -0.1) is 0 Å². The molecule has 3 rings (SSSR count). The summed E-state index contributed by atoms with van der Waals surface area (Å²) in [4.78, 5) is 0. The van der Waals surface area contributed by atoms with E-state index in [0.29, 0.717) is 6.71 Å². The third-order valence-electron chi connectivity index (χ3n) is 4.69. The molecule has 0 bridgehead atoms. The largest absolute Gasteiger partial charge is 0.210 e. The highest BCUT2D eigenvalue weighted by molar-refractivity contribution is 6.87. The van der Waals surface area contributed by atoms with Gasteiger partial charge in [0.2, 0.25) is 6.71 Å². The second-order valence-electron chi connectivity index (χ2n) is 6.34. The summed E-state index contributed by atoms with van der Waals surface area (Å²) in [7, 11) is 0. The molecule has 0 N–H and O–H groups in total. The lowest BCUT2D eigenvalue weighted by molar-refractivity contribution is 1.34. The Morgan fingerprint density at radius 2 is 1.45 bits per heavy atom. The monoisotopic (exact) mass is 286 g/mol. The zero-order valence-corrected chi connectivity index (χ0v) is 14.0. The van der Waals surface area contributed by atoms with Crippen LogP contribution in [-0.2, 0) is 0 Å². The maximum Gasteiger partial charge on any atom is 0.210 e. The van der Waals surface area contributed by atoms with Crippen molar-refractivity contribution in [1.82, 2.24) is 0 Å². The number of hydrogen-bond donors (Lipinski definition) is 0. The van der Waals surface area contributed by atoms with Gasteiger partial charge in [-0.2, -0.15) is 0 Å². The third-order valence-corrected chi connectivity index (χ3v) is 4.69. The smallest absolute Gasteiger partial charge is 0.0712 e. The molecule has 0 aliphatic rings. The zero-order chi connectivity index (χ0) is 15.7. The summed E-state index contributed by atoms with van der Waals surface area (Å²) in [5.74, 6) is 0. The van der Waals surface area contributed by atoms with Crippen LogP contribution in [0.3, 0.4) is 0 Å². The predicted octanol–water partition coefficient (Wildman–Crippen LogP) is 4.39. The van der Waals surface area contributed by atoms with Crippen molar-refractivity contribution < 1.29 is 0 Å². The van der Waals surface area contributed by atoms with Gasteiger partial charge in [-0.1, -0.05) is 95.5 Å². The Kier molecular flexibility index (Phi) is 4.07. The quantitative estimate of drug-likeness (QED) is 0.626. The second-order valence-corrected chi connectivity index (χ2v) is 6.34. The fourth-order valence-corrected chi connectivity index (χ4v) is 3.87. The van der Waals surface area contributed by atoms with Crippen molar-refractivity contribution in [3.8, 4) is 0 Å². The summed E-state index contributed by atoms with van der Waals surface area (Å²) in [6, 6.07) is 20.1. The molecule has 0 atom stereocenters.